The summed E-state index contributed by atoms with van der Waals surface area (Å²) in [6.45, 7) is 3.88. The van der Waals surface area contributed by atoms with Crippen LogP contribution in [0.25, 0.3) is 0 Å². The minimum Gasteiger partial charge on any atom is -0.481 e. The number of aliphatic hydroxyl groups excluding tert-OH is 1. The first-order chi connectivity index (χ1) is 16.4. The van der Waals surface area contributed by atoms with E-state index in [1.165, 1.54) is 0 Å². The molecule has 3 saturated carbocycles. The van der Waals surface area contributed by atoms with E-state index in [9.17, 15) is 29.4 Å². The average Bonchev–Trinajstić information content (AvgIpc) is 3.06. The number of fused-ring (bicyclic) bond motifs is 5. The SMILES string of the molecule is COC(=O)[C@@H](OC(=O)CCC(=O)O)[C@@]1(O)CC[C@H]2[C@@H]3CCC4=CC(=O)C=C[C@]4(C)[C@H]3[C@@H](O)C[C@@]21C. The van der Waals surface area contributed by atoms with Gasteiger partial charge in [-0.15, -0.1) is 0 Å². The first-order valence-corrected chi connectivity index (χ1v) is 12.2. The van der Waals surface area contributed by atoms with Crippen molar-refractivity contribution in [1.82, 2.24) is 0 Å². The van der Waals surface area contributed by atoms with Gasteiger partial charge in [0.25, 0.3) is 0 Å². The van der Waals surface area contributed by atoms with Crippen molar-refractivity contribution in [1.29, 1.82) is 0 Å². The molecule has 192 valence electrons. The van der Waals surface area contributed by atoms with Crippen molar-refractivity contribution in [2.75, 3.05) is 7.11 Å². The van der Waals surface area contributed by atoms with E-state index in [-0.39, 0.29) is 36.4 Å². The van der Waals surface area contributed by atoms with Gasteiger partial charge in [0.15, 0.2) is 5.78 Å². The fourth-order valence-electron chi connectivity index (χ4n) is 7.64. The Bertz CT molecular complexity index is 999. The third kappa shape index (κ3) is 3.93. The van der Waals surface area contributed by atoms with Crippen molar-refractivity contribution in [3.05, 3.63) is 23.8 Å². The highest BCUT2D eigenvalue weighted by molar-refractivity contribution is 6.01. The molecule has 3 N–H and O–H groups in total. The highest BCUT2D eigenvalue weighted by atomic mass is 16.6. The summed E-state index contributed by atoms with van der Waals surface area (Å²) in [4.78, 5) is 47.9. The standard InChI is InChI=1S/C26H34O9/c1-24-10-8-15(27)12-14(24)4-5-16-17-9-11-26(33,25(17,2)13-18(28)21(16)24)22(23(32)34-3)35-20(31)7-6-19(29)30/h8,10,12,16-18,21-22,28,33H,4-7,9,11,13H2,1-3H3,(H,29,30)/t16-,17-,18-,21+,22+,24-,25-,26-/m0/s1. The number of esters is 2. The van der Waals surface area contributed by atoms with Crippen LogP contribution in [0.15, 0.2) is 23.8 Å². The highest BCUT2D eigenvalue weighted by Gasteiger charge is 2.70. The molecular formula is C26H34O9. The second kappa shape index (κ2) is 8.85. The minimum absolute atomic E-state index is 0.0267. The molecule has 9 heteroatoms. The number of hydrogen-bond donors (Lipinski definition) is 3. The summed E-state index contributed by atoms with van der Waals surface area (Å²) < 4.78 is 10.2. The second-order valence-electron chi connectivity index (χ2n) is 11.0. The molecule has 35 heavy (non-hydrogen) atoms. The third-order valence-electron chi connectivity index (χ3n) is 9.35. The van der Waals surface area contributed by atoms with Crippen LogP contribution in [0.3, 0.4) is 0 Å². The Balaban J connectivity index is 1.66. The molecule has 0 bridgehead atoms. The van der Waals surface area contributed by atoms with Gasteiger partial charge in [-0.25, -0.2) is 4.79 Å². The number of allylic oxidation sites excluding steroid dienone is 4. The molecule has 0 aliphatic heterocycles. The lowest BCUT2D eigenvalue weighted by atomic mass is 9.46. The summed E-state index contributed by atoms with van der Waals surface area (Å²) in [7, 11) is 1.14. The third-order valence-corrected chi connectivity index (χ3v) is 9.35. The van der Waals surface area contributed by atoms with Crippen LogP contribution >= 0.6 is 0 Å². The topological polar surface area (TPSA) is 147 Å². The molecule has 0 radical (unpaired) electrons. The lowest BCUT2D eigenvalue weighted by Crippen LogP contribution is -2.64. The van der Waals surface area contributed by atoms with Crippen LogP contribution in [0, 0.1) is 28.6 Å². The molecule has 0 heterocycles. The Morgan fingerprint density at radius 3 is 2.57 bits per heavy atom. The van der Waals surface area contributed by atoms with Gasteiger partial charge >= 0.3 is 17.9 Å². The van der Waals surface area contributed by atoms with Crippen LogP contribution in [0.2, 0.25) is 0 Å². The number of rotatable bonds is 6. The lowest BCUT2D eigenvalue weighted by molar-refractivity contribution is -0.219. The van der Waals surface area contributed by atoms with Gasteiger partial charge < -0.3 is 24.8 Å². The molecule has 0 aromatic heterocycles. The molecule has 0 spiro atoms. The molecule has 3 fully saturated rings. The number of hydrogen-bond acceptors (Lipinski definition) is 8. The van der Waals surface area contributed by atoms with E-state index in [1.807, 2.05) is 19.9 Å². The van der Waals surface area contributed by atoms with Gasteiger partial charge in [-0.05, 0) is 56.1 Å². The van der Waals surface area contributed by atoms with Crippen LogP contribution < -0.4 is 0 Å². The maximum absolute atomic E-state index is 12.7. The van der Waals surface area contributed by atoms with Crippen LogP contribution in [-0.2, 0) is 28.7 Å². The van der Waals surface area contributed by atoms with Crippen molar-refractivity contribution in [3.63, 3.8) is 0 Å². The number of carbonyl (C=O) groups excluding carboxylic acids is 3. The van der Waals surface area contributed by atoms with Gasteiger partial charge in [0.2, 0.25) is 6.10 Å². The minimum atomic E-state index is -1.79. The number of ketones is 1. The zero-order valence-electron chi connectivity index (χ0n) is 20.4. The van der Waals surface area contributed by atoms with Crippen molar-refractivity contribution in [2.45, 2.75) is 76.6 Å². The molecule has 4 rings (SSSR count). The predicted molar refractivity (Wildman–Crippen MR) is 122 cm³/mol. The van der Waals surface area contributed by atoms with Gasteiger partial charge in [0, 0.05) is 16.7 Å². The first kappa shape index (κ1) is 25.6. The van der Waals surface area contributed by atoms with E-state index in [0.29, 0.717) is 12.8 Å². The number of methoxy groups -OCH3 is 1. The van der Waals surface area contributed by atoms with Crippen molar-refractivity contribution >= 4 is 23.7 Å². The van der Waals surface area contributed by atoms with E-state index < -0.39 is 59.4 Å². The molecular weight excluding hydrogens is 456 g/mol. The molecule has 0 aromatic carbocycles. The molecule has 9 nitrogen and oxygen atoms in total. The van der Waals surface area contributed by atoms with E-state index in [0.717, 1.165) is 19.1 Å². The number of aliphatic carboxylic acids is 1. The quantitative estimate of drug-likeness (QED) is 0.475. The molecule has 0 amide bonds. The summed E-state index contributed by atoms with van der Waals surface area (Å²) in [6.07, 6.45) is 4.14. The number of carboxylic acids is 1. The monoisotopic (exact) mass is 490 g/mol. The summed E-state index contributed by atoms with van der Waals surface area (Å²) in [6, 6.07) is 0. The fourth-order valence-corrected chi connectivity index (χ4v) is 7.64. The maximum Gasteiger partial charge on any atom is 0.350 e. The molecule has 0 saturated heterocycles. The second-order valence-corrected chi connectivity index (χ2v) is 11.0. The van der Waals surface area contributed by atoms with Crippen LogP contribution in [0.5, 0.6) is 0 Å². The lowest BCUT2D eigenvalue weighted by Gasteiger charge is -2.60. The number of ether oxygens (including phenoxy) is 2. The molecule has 0 unspecified atom stereocenters. The van der Waals surface area contributed by atoms with E-state index in [4.69, 9.17) is 14.6 Å². The molecule has 4 aliphatic carbocycles. The van der Waals surface area contributed by atoms with Crippen molar-refractivity contribution < 1.29 is 44.0 Å². The van der Waals surface area contributed by atoms with Crippen LogP contribution in [0.4, 0.5) is 0 Å². The Morgan fingerprint density at radius 1 is 1.20 bits per heavy atom. The Labute approximate surface area is 204 Å². The highest BCUT2D eigenvalue weighted by Crippen LogP contribution is 2.67. The molecule has 0 aromatic rings. The van der Waals surface area contributed by atoms with E-state index in [2.05, 4.69) is 0 Å². The smallest absolute Gasteiger partial charge is 0.350 e. The zero-order chi connectivity index (χ0) is 25.8. The van der Waals surface area contributed by atoms with Gasteiger partial charge in [0.1, 0.15) is 5.60 Å². The van der Waals surface area contributed by atoms with Crippen LogP contribution in [-0.4, -0.2) is 63.9 Å². The first-order valence-electron chi connectivity index (χ1n) is 12.2. The number of aliphatic hydroxyl groups is 2. The van der Waals surface area contributed by atoms with Crippen LogP contribution in [0.1, 0.15) is 58.8 Å². The number of carboxylic acid groups (broad SMARTS) is 1. The molecule has 8 atom stereocenters. The summed E-state index contributed by atoms with van der Waals surface area (Å²) in [5.41, 5.74) is -2.19. The zero-order valence-corrected chi connectivity index (χ0v) is 20.4. The Morgan fingerprint density at radius 2 is 1.91 bits per heavy atom. The fraction of sp³-hybridized carbons (Fsp3) is 0.692. The van der Waals surface area contributed by atoms with Gasteiger partial charge in [-0.2, -0.15) is 0 Å². The van der Waals surface area contributed by atoms with Crippen molar-refractivity contribution in [3.8, 4) is 0 Å². The Hall–Kier alpha value is -2.52. The summed E-state index contributed by atoms with van der Waals surface area (Å²) in [5.74, 6) is -3.23. The van der Waals surface area contributed by atoms with Gasteiger partial charge in [0.05, 0.1) is 26.1 Å². The summed E-state index contributed by atoms with van der Waals surface area (Å²) in [5, 5.41) is 32.3. The average molecular weight is 491 g/mol. The Kier molecular flexibility index (Phi) is 6.47. The normalized spacial score (nSPS) is 40.6. The van der Waals surface area contributed by atoms with E-state index in [1.54, 1.807) is 12.2 Å². The molecule has 4 aliphatic rings. The van der Waals surface area contributed by atoms with E-state index >= 15 is 0 Å². The number of carbonyl (C=O) groups is 4. The predicted octanol–water partition coefficient (Wildman–Crippen LogP) is 1.95. The van der Waals surface area contributed by atoms with Gasteiger partial charge in [-0.3, -0.25) is 14.4 Å². The maximum atomic E-state index is 12.7. The summed E-state index contributed by atoms with van der Waals surface area (Å²) >= 11 is 0. The largest absolute Gasteiger partial charge is 0.481 e. The van der Waals surface area contributed by atoms with Crippen molar-refractivity contribution in [2.24, 2.45) is 28.6 Å². The van der Waals surface area contributed by atoms with Gasteiger partial charge in [-0.1, -0.05) is 25.5 Å².